The quantitative estimate of drug-likeness (QED) is 0.156. The highest BCUT2D eigenvalue weighted by Gasteiger charge is 2.31. The summed E-state index contributed by atoms with van der Waals surface area (Å²) in [6.07, 6.45) is 8.20. The Labute approximate surface area is 206 Å². The molecule has 4 nitrogen and oxygen atoms in total. The topological polar surface area (TPSA) is 44.2 Å². The molecule has 3 heterocycles. The number of fused-ring (bicyclic) bond motifs is 3. The van der Waals surface area contributed by atoms with Gasteiger partial charge in [0.15, 0.2) is 5.82 Å². The van der Waals surface area contributed by atoms with E-state index in [1.165, 1.54) is 41.5 Å². The molecule has 0 atom stereocenters. The molecule has 1 aliphatic heterocycles. The number of rotatable bonds is 11. The molecule has 0 N–H and O–H groups in total. The van der Waals surface area contributed by atoms with Crippen molar-refractivity contribution in [1.29, 1.82) is 0 Å². The first-order valence-electron chi connectivity index (χ1n) is 12.3. The van der Waals surface area contributed by atoms with Crippen molar-refractivity contribution in [3.63, 3.8) is 0 Å². The Hall–Kier alpha value is -1.63. The maximum Gasteiger partial charge on any atom is 0.162 e. The number of hydrogen-bond acceptors (Lipinski definition) is 6. The van der Waals surface area contributed by atoms with Crippen LogP contribution in [-0.2, 0) is 17.8 Å². The normalized spacial score (nSPS) is 15.0. The summed E-state index contributed by atoms with van der Waals surface area (Å²) in [6, 6.07) is 8.23. The highest BCUT2D eigenvalue weighted by molar-refractivity contribution is 7.99. The van der Waals surface area contributed by atoms with Gasteiger partial charge in [-0.3, -0.25) is 0 Å². The first-order chi connectivity index (χ1) is 16.0. The molecule has 0 saturated carbocycles. The van der Waals surface area contributed by atoms with E-state index in [2.05, 4.69) is 39.8 Å². The molecule has 3 aromatic rings. The maximum atomic E-state index is 6.10. The van der Waals surface area contributed by atoms with Crippen LogP contribution in [0.1, 0.15) is 76.7 Å². The molecular weight excluding hydrogens is 448 g/mol. The Morgan fingerprint density at radius 3 is 2.58 bits per heavy atom. The third kappa shape index (κ3) is 6.09. The summed E-state index contributed by atoms with van der Waals surface area (Å²) in [5.41, 5.74) is 2.29. The second-order valence-corrected chi connectivity index (χ2v) is 11.6. The predicted octanol–water partition coefficient (Wildman–Crippen LogP) is 8.06. The SMILES string of the molecule is CCCCCCSc1nc(-c2ccc(OCCCC)cc2)nc2sc3c(c12)CC(C)(C)OC3. The Morgan fingerprint density at radius 1 is 1.03 bits per heavy atom. The molecular formula is C27H36N2O2S2. The van der Waals surface area contributed by atoms with E-state index in [9.17, 15) is 0 Å². The number of thioether (sulfide) groups is 1. The minimum absolute atomic E-state index is 0.143. The molecule has 0 fully saturated rings. The van der Waals surface area contributed by atoms with Crippen molar-refractivity contribution in [2.24, 2.45) is 0 Å². The summed E-state index contributed by atoms with van der Waals surface area (Å²) in [7, 11) is 0. The first-order valence-corrected chi connectivity index (χ1v) is 14.1. The van der Waals surface area contributed by atoms with E-state index in [-0.39, 0.29) is 5.60 Å². The minimum Gasteiger partial charge on any atom is -0.494 e. The van der Waals surface area contributed by atoms with Gasteiger partial charge in [0, 0.05) is 22.2 Å². The van der Waals surface area contributed by atoms with Gasteiger partial charge in [-0.25, -0.2) is 9.97 Å². The van der Waals surface area contributed by atoms with Gasteiger partial charge in [-0.15, -0.1) is 23.1 Å². The van der Waals surface area contributed by atoms with Crippen LogP contribution in [0.25, 0.3) is 21.6 Å². The molecule has 0 saturated heterocycles. The Balaban J connectivity index is 1.65. The van der Waals surface area contributed by atoms with Gasteiger partial charge in [-0.1, -0.05) is 39.5 Å². The lowest BCUT2D eigenvalue weighted by Crippen LogP contribution is -2.31. The number of hydrogen-bond donors (Lipinski definition) is 0. The zero-order valence-electron chi connectivity index (χ0n) is 20.4. The van der Waals surface area contributed by atoms with Gasteiger partial charge in [0.2, 0.25) is 0 Å². The standard InChI is InChI=1S/C27H36N2O2S2/c1-5-7-9-10-16-32-25-23-21-17-27(3,4)31-18-22(21)33-26(23)29-24(28-25)19-11-13-20(14-12-19)30-15-8-6-2/h11-14H,5-10,15-18H2,1-4H3. The van der Waals surface area contributed by atoms with Crippen molar-refractivity contribution < 1.29 is 9.47 Å². The largest absolute Gasteiger partial charge is 0.494 e. The van der Waals surface area contributed by atoms with Crippen LogP contribution >= 0.6 is 23.1 Å². The van der Waals surface area contributed by atoms with E-state index in [1.54, 1.807) is 11.3 Å². The van der Waals surface area contributed by atoms with Crippen LogP contribution in [-0.4, -0.2) is 27.9 Å². The van der Waals surface area contributed by atoms with Gasteiger partial charge < -0.3 is 9.47 Å². The third-order valence-corrected chi connectivity index (χ3v) is 8.17. The summed E-state index contributed by atoms with van der Waals surface area (Å²) in [5.74, 6) is 2.81. The zero-order valence-corrected chi connectivity index (χ0v) is 22.0. The van der Waals surface area contributed by atoms with Crippen LogP contribution in [0.3, 0.4) is 0 Å². The van der Waals surface area contributed by atoms with E-state index in [0.29, 0.717) is 6.61 Å². The maximum absolute atomic E-state index is 6.10. The molecule has 6 heteroatoms. The lowest BCUT2D eigenvalue weighted by Gasteiger charge is -2.30. The van der Waals surface area contributed by atoms with Crippen LogP contribution < -0.4 is 4.74 Å². The molecule has 0 amide bonds. The van der Waals surface area contributed by atoms with Gasteiger partial charge in [0.1, 0.15) is 15.6 Å². The number of nitrogens with zero attached hydrogens (tertiary/aromatic N) is 2. The van der Waals surface area contributed by atoms with Crippen LogP contribution in [0, 0.1) is 0 Å². The number of thiophene rings is 1. The molecule has 0 aliphatic carbocycles. The van der Waals surface area contributed by atoms with Gasteiger partial charge in [0.05, 0.1) is 18.8 Å². The number of aromatic nitrogens is 2. The highest BCUT2D eigenvalue weighted by atomic mass is 32.2. The smallest absolute Gasteiger partial charge is 0.162 e. The van der Waals surface area contributed by atoms with Crippen LogP contribution in [0.2, 0.25) is 0 Å². The molecule has 2 aromatic heterocycles. The summed E-state index contributed by atoms with van der Waals surface area (Å²) in [5, 5.41) is 2.39. The van der Waals surface area contributed by atoms with E-state index in [1.807, 2.05) is 23.9 Å². The number of benzene rings is 1. The van der Waals surface area contributed by atoms with Gasteiger partial charge in [-0.2, -0.15) is 0 Å². The van der Waals surface area contributed by atoms with Crippen LogP contribution in [0.5, 0.6) is 5.75 Å². The second-order valence-electron chi connectivity index (χ2n) is 9.40. The van der Waals surface area contributed by atoms with E-state index >= 15 is 0 Å². The summed E-state index contributed by atoms with van der Waals surface area (Å²) >= 11 is 3.67. The predicted molar refractivity (Wildman–Crippen MR) is 141 cm³/mol. The lowest BCUT2D eigenvalue weighted by atomic mass is 9.94. The highest BCUT2D eigenvalue weighted by Crippen LogP contribution is 2.42. The minimum atomic E-state index is -0.143. The Morgan fingerprint density at radius 2 is 1.82 bits per heavy atom. The van der Waals surface area contributed by atoms with E-state index < -0.39 is 0 Å². The van der Waals surface area contributed by atoms with Crippen LogP contribution in [0.4, 0.5) is 0 Å². The van der Waals surface area contributed by atoms with Crippen molar-refractivity contribution in [3.8, 4) is 17.1 Å². The molecule has 0 unspecified atom stereocenters. The van der Waals surface area contributed by atoms with Gasteiger partial charge in [0.25, 0.3) is 0 Å². The molecule has 178 valence electrons. The lowest BCUT2D eigenvalue weighted by molar-refractivity contribution is -0.0379. The second kappa shape index (κ2) is 11.2. The monoisotopic (exact) mass is 484 g/mol. The summed E-state index contributed by atoms with van der Waals surface area (Å²) in [6.45, 7) is 10.2. The third-order valence-electron chi connectivity index (χ3n) is 6.01. The van der Waals surface area contributed by atoms with Crippen molar-refractivity contribution in [2.75, 3.05) is 12.4 Å². The van der Waals surface area contributed by atoms with E-state index in [4.69, 9.17) is 19.4 Å². The molecule has 1 aromatic carbocycles. The van der Waals surface area contributed by atoms with Gasteiger partial charge in [-0.05, 0) is 62.3 Å². The number of unbranched alkanes of at least 4 members (excludes halogenated alkanes) is 4. The number of ether oxygens (including phenoxy) is 2. The molecule has 1 aliphatic rings. The average molecular weight is 485 g/mol. The summed E-state index contributed by atoms with van der Waals surface area (Å²) < 4.78 is 11.9. The summed E-state index contributed by atoms with van der Waals surface area (Å²) in [4.78, 5) is 12.5. The fourth-order valence-corrected chi connectivity index (χ4v) is 6.30. The van der Waals surface area contributed by atoms with Crippen molar-refractivity contribution in [3.05, 3.63) is 34.7 Å². The average Bonchev–Trinajstić information content (AvgIpc) is 3.16. The molecule has 33 heavy (non-hydrogen) atoms. The van der Waals surface area contributed by atoms with Crippen molar-refractivity contribution in [2.45, 2.75) is 89.9 Å². The fourth-order valence-electron chi connectivity index (χ4n) is 4.08. The molecule has 0 radical (unpaired) electrons. The van der Waals surface area contributed by atoms with Crippen molar-refractivity contribution >= 4 is 33.3 Å². The van der Waals surface area contributed by atoms with E-state index in [0.717, 1.165) is 58.6 Å². The molecule has 4 rings (SSSR count). The van der Waals surface area contributed by atoms with Gasteiger partial charge >= 0.3 is 0 Å². The zero-order chi connectivity index (χ0) is 23.3. The molecule has 0 spiro atoms. The Bertz CT molecular complexity index is 1060. The first kappa shape index (κ1) is 24.5. The van der Waals surface area contributed by atoms with Crippen molar-refractivity contribution in [1.82, 2.24) is 9.97 Å². The molecule has 0 bridgehead atoms. The Kier molecular flexibility index (Phi) is 8.31. The fraction of sp³-hybridized carbons (Fsp3) is 0.556. The van der Waals surface area contributed by atoms with Crippen LogP contribution in [0.15, 0.2) is 29.3 Å².